The van der Waals surface area contributed by atoms with Crippen LogP contribution in [0.1, 0.15) is 0 Å². The van der Waals surface area contributed by atoms with Crippen molar-refractivity contribution in [2.45, 2.75) is 0 Å². The van der Waals surface area contributed by atoms with Crippen LogP contribution in [0.3, 0.4) is 0 Å². The van der Waals surface area contributed by atoms with E-state index < -0.39 is 11.3 Å². The summed E-state index contributed by atoms with van der Waals surface area (Å²) in [7, 11) is 0. The van der Waals surface area contributed by atoms with Crippen LogP contribution >= 0.6 is 0 Å². The molecule has 36 valence electrons. The monoisotopic (exact) mass is 125 g/mol. The second kappa shape index (κ2) is 35.6. The zero-order valence-electron chi connectivity index (χ0n) is 3.64. The predicted octanol–water partition coefficient (Wildman–Crippen LogP) is -5.17. The Bertz CT molecular complexity index is 10.8. The number of hydrogen-bond acceptors (Lipinski definition) is 3. The van der Waals surface area contributed by atoms with Gasteiger partial charge >= 0.3 is 29.6 Å². The molecule has 0 aromatic carbocycles. The van der Waals surface area contributed by atoms with Crippen LogP contribution in [0.4, 0.5) is 0 Å². The molecule has 0 saturated carbocycles. The fourth-order valence-corrected chi connectivity index (χ4v) is 0. The van der Waals surface area contributed by atoms with Crippen molar-refractivity contribution in [3.63, 3.8) is 0 Å². The average molecular weight is 125 g/mol. The molecule has 0 saturated heterocycles. The normalized spacial score (nSPS) is 3.00. The average Bonchev–Trinajstić information content (AvgIpc) is 0.918. The summed E-state index contributed by atoms with van der Waals surface area (Å²) in [5, 5.41) is 0. The van der Waals surface area contributed by atoms with E-state index in [4.69, 9.17) is 9.32 Å². The summed E-state index contributed by atoms with van der Waals surface area (Å²) in [5.74, 6) is 0. The molecule has 0 aromatic heterocycles. The van der Waals surface area contributed by atoms with Gasteiger partial charge in [-0.15, -0.1) is 0 Å². The maximum Gasteiger partial charge on any atom is 1.00 e. The van der Waals surface area contributed by atoms with Gasteiger partial charge in [0.1, 0.15) is 0 Å². The Hall–Kier alpha value is 1.13. The van der Waals surface area contributed by atoms with Gasteiger partial charge in [0.2, 0.25) is 0 Å². The maximum atomic E-state index is 8.24. The van der Waals surface area contributed by atoms with Crippen LogP contribution in [0.2, 0.25) is 0 Å². The second-order valence-corrected chi connectivity index (χ2v) is 0.189. The molecule has 0 spiro atoms. The summed E-state index contributed by atoms with van der Waals surface area (Å²) in [4.78, 5) is 0. The summed E-state index contributed by atoms with van der Waals surface area (Å²) in [6, 6.07) is 0. The predicted molar refractivity (Wildman–Crippen MR) is 7.92 cm³/mol. The van der Waals surface area contributed by atoms with Gasteiger partial charge in [-0.3, -0.25) is 0 Å². The molecular formula is H5ClNNaO3. The molecule has 0 amide bonds. The van der Waals surface area contributed by atoms with Crippen LogP contribution < -0.4 is 45.0 Å². The SMILES string of the molecule is [NH4+].[Na+].[O-][Cl+][O-].[OH-]. The zero-order chi connectivity index (χ0) is 2.71. The third kappa shape index (κ3) is 68.5. The molecule has 4 nitrogen and oxygen atoms in total. The first-order chi connectivity index (χ1) is 1.41. The number of quaternary nitrogens is 1. The zero-order valence-corrected chi connectivity index (χ0v) is 6.40. The number of halogens is 1. The Morgan fingerprint density at radius 1 is 1.17 bits per heavy atom. The standard InChI is InChI=1S/ClO2.H3N.Na.H2O/c2-1-3;;;/h;1H3;;1H2/q-1;;+1;. The molecule has 0 bridgehead atoms. The summed E-state index contributed by atoms with van der Waals surface area (Å²) in [6.45, 7) is 0. The van der Waals surface area contributed by atoms with Gasteiger partial charge in [-0.2, -0.15) is 0 Å². The van der Waals surface area contributed by atoms with Crippen LogP contribution in [0.5, 0.6) is 0 Å². The van der Waals surface area contributed by atoms with Crippen molar-refractivity contribution >= 4 is 0 Å². The van der Waals surface area contributed by atoms with E-state index in [0.29, 0.717) is 0 Å². The molecular weight excluding hydrogens is 120 g/mol. The first-order valence-electron chi connectivity index (χ1n) is 0.309. The van der Waals surface area contributed by atoms with Gasteiger partial charge in [-0.25, -0.2) is 0 Å². The fourth-order valence-electron chi connectivity index (χ4n) is 0. The van der Waals surface area contributed by atoms with Gasteiger partial charge in [0.25, 0.3) is 0 Å². The van der Waals surface area contributed by atoms with Crippen molar-refractivity contribution in [3.8, 4) is 0 Å². The number of rotatable bonds is 0. The summed E-state index contributed by atoms with van der Waals surface area (Å²) >= 11 is -0.417. The third-order valence-electron chi connectivity index (χ3n) is 0. The van der Waals surface area contributed by atoms with Crippen molar-refractivity contribution in [2.75, 3.05) is 0 Å². The van der Waals surface area contributed by atoms with Crippen molar-refractivity contribution < 1.29 is 55.7 Å². The maximum absolute atomic E-state index is 8.24. The minimum absolute atomic E-state index is 0. The molecule has 0 aliphatic heterocycles. The van der Waals surface area contributed by atoms with Crippen LogP contribution in [-0.2, 0) is 0 Å². The minimum atomic E-state index is -0.417. The van der Waals surface area contributed by atoms with E-state index in [1.807, 2.05) is 0 Å². The smallest absolute Gasteiger partial charge is 0.870 e. The molecule has 0 aromatic rings. The van der Waals surface area contributed by atoms with Gasteiger partial charge in [0.15, 0.2) is 0 Å². The largest absolute Gasteiger partial charge is 1.00 e. The molecule has 6 heteroatoms. The van der Waals surface area contributed by atoms with Gasteiger partial charge in [0, 0.05) is 0 Å². The van der Waals surface area contributed by atoms with Crippen molar-refractivity contribution in [1.29, 1.82) is 0 Å². The Morgan fingerprint density at radius 3 is 1.17 bits per heavy atom. The van der Waals surface area contributed by atoms with Crippen molar-refractivity contribution in [2.24, 2.45) is 0 Å². The molecule has 0 atom stereocenters. The molecule has 0 rings (SSSR count). The van der Waals surface area contributed by atoms with Crippen LogP contribution in [0.15, 0.2) is 0 Å². The Kier molecular flexibility index (Phi) is 162. The van der Waals surface area contributed by atoms with E-state index in [1.54, 1.807) is 0 Å². The Morgan fingerprint density at radius 2 is 1.17 bits per heavy atom. The van der Waals surface area contributed by atoms with E-state index in [9.17, 15) is 0 Å². The van der Waals surface area contributed by atoms with Crippen molar-refractivity contribution in [1.82, 2.24) is 6.15 Å². The fraction of sp³-hybridized carbons (Fsp3) is 0. The van der Waals surface area contributed by atoms with Gasteiger partial charge in [0.05, 0.1) is 11.3 Å². The molecule has 0 aliphatic rings. The molecule has 0 aliphatic carbocycles. The van der Waals surface area contributed by atoms with E-state index in [-0.39, 0.29) is 41.2 Å². The molecule has 0 unspecified atom stereocenters. The third-order valence-corrected chi connectivity index (χ3v) is 0. The summed E-state index contributed by atoms with van der Waals surface area (Å²) in [5.41, 5.74) is 0. The van der Waals surface area contributed by atoms with E-state index >= 15 is 0 Å². The first-order valence-corrected chi connectivity index (χ1v) is 0.926. The van der Waals surface area contributed by atoms with E-state index in [2.05, 4.69) is 0 Å². The van der Waals surface area contributed by atoms with Gasteiger partial charge in [-0.1, -0.05) is 0 Å². The van der Waals surface area contributed by atoms with Gasteiger partial charge < -0.3 is 20.9 Å². The molecule has 5 N–H and O–H groups in total. The summed E-state index contributed by atoms with van der Waals surface area (Å²) in [6.07, 6.45) is 0. The first kappa shape index (κ1) is 27.3. The van der Waals surface area contributed by atoms with Crippen LogP contribution in [0.25, 0.3) is 0 Å². The topological polar surface area (TPSA) is 113 Å². The molecule has 0 radical (unpaired) electrons. The van der Waals surface area contributed by atoms with Gasteiger partial charge in [-0.05, 0) is 0 Å². The van der Waals surface area contributed by atoms with E-state index in [0.717, 1.165) is 0 Å². The number of hydrogen-bond donors (Lipinski definition) is 1. The quantitative estimate of drug-likeness (QED) is 0.327. The molecule has 0 fully saturated rings. The van der Waals surface area contributed by atoms with Crippen molar-refractivity contribution in [3.05, 3.63) is 0 Å². The van der Waals surface area contributed by atoms with Crippen LogP contribution in [-0.4, -0.2) is 5.48 Å². The Labute approximate surface area is 61.8 Å². The molecule has 6 heavy (non-hydrogen) atoms. The molecule has 0 heterocycles. The second-order valence-electron chi connectivity index (χ2n) is 0.0630. The Balaban J connectivity index is -0.00000000667. The summed E-state index contributed by atoms with van der Waals surface area (Å²) < 4.78 is 16.5. The minimum Gasteiger partial charge on any atom is -0.870 e. The van der Waals surface area contributed by atoms with E-state index in [1.165, 1.54) is 0 Å². The van der Waals surface area contributed by atoms with Crippen LogP contribution in [0, 0.1) is 11.3 Å².